The lowest BCUT2D eigenvalue weighted by molar-refractivity contribution is -0.146. The van der Waals surface area contributed by atoms with Crippen molar-refractivity contribution in [2.24, 2.45) is 5.92 Å². The first-order valence-electron chi connectivity index (χ1n) is 8.94. The molecule has 5 nitrogen and oxygen atoms in total. The van der Waals surface area contributed by atoms with Gasteiger partial charge in [0.25, 0.3) is 0 Å². The predicted molar refractivity (Wildman–Crippen MR) is 98.8 cm³/mol. The highest BCUT2D eigenvalue weighted by Crippen LogP contribution is 2.50. The minimum atomic E-state index is -0.125. The maximum atomic E-state index is 12.4. The Balaban J connectivity index is 1.35. The van der Waals surface area contributed by atoms with E-state index in [1.807, 2.05) is 61.5 Å². The van der Waals surface area contributed by atoms with Crippen molar-refractivity contribution in [1.82, 2.24) is 0 Å². The van der Waals surface area contributed by atoms with Crippen LogP contribution >= 0.6 is 0 Å². The molecule has 5 heteroatoms. The molecule has 0 N–H and O–H groups in total. The van der Waals surface area contributed by atoms with Crippen LogP contribution in [0.25, 0.3) is 0 Å². The van der Waals surface area contributed by atoms with E-state index in [1.165, 1.54) is 0 Å². The summed E-state index contributed by atoms with van der Waals surface area (Å²) >= 11 is 0. The van der Waals surface area contributed by atoms with E-state index in [2.05, 4.69) is 0 Å². The van der Waals surface area contributed by atoms with Crippen LogP contribution in [0.15, 0.2) is 42.5 Å². The zero-order chi connectivity index (χ0) is 18.1. The largest absolute Gasteiger partial charge is 0.486 e. The molecular weight excluding hydrogens is 330 g/mol. The predicted octanol–water partition coefficient (Wildman–Crippen LogP) is 3.37. The number of nitrogens with zero attached hydrogens (tertiary/aromatic N) is 1. The first-order valence-corrected chi connectivity index (χ1v) is 8.94. The highest BCUT2D eigenvalue weighted by atomic mass is 16.6. The van der Waals surface area contributed by atoms with E-state index in [9.17, 15) is 4.79 Å². The second-order valence-corrected chi connectivity index (χ2v) is 7.02. The molecule has 136 valence electrons. The molecule has 1 aliphatic heterocycles. The number of ether oxygens (including phenoxy) is 3. The minimum absolute atomic E-state index is 0.0606. The van der Waals surface area contributed by atoms with Crippen molar-refractivity contribution in [2.45, 2.75) is 18.9 Å². The molecule has 0 saturated heterocycles. The van der Waals surface area contributed by atoms with Gasteiger partial charge in [0.2, 0.25) is 0 Å². The van der Waals surface area contributed by atoms with Crippen molar-refractivity contribution < 1.29 is 19.0 Å². The standard InChI is InChI=1S/C21H23NO4/c1-22(2)16-5-3-4-14(10-16)13-26-21(23)18-12-17(18)15-6-7-19-20(11-15)25-9-8-24-19/h3-7,10-11,17-18H,8-9,12-13H2,1-2H3/t17-,18+/m1/s1. The monoisotopic (exact) mass is 353 g/mol. The lowest BCUT2D eigenvalue weighted by Crippen LogP contribution is -2.15. The Morgan fingerprint density at radius 3 is 2.73 bits per heavy atom. The van der Waals surface area contributed by atoms with Crippen LogP contribution in [0.1, 0.15) is 23.5 Å². The van der Waals surface area contributed by atoms with Gasteiger partial charge in [-0.2, -0.15) is 0 Å². The summed E-state index contributed by atoms with van der Waals surface area (Å²) in [6, 6.07) is 14.0. The van der Waals surface area contributed by atoms with Crippen LogP contribution in [-0.4, -0.2) is 33.3 Å². The molecule has 0 aromatic heterocycles. The van der Waals surface area contributed by atoms with Gasteiger partial charge in [0.05, 0.1) is 5.92 Å². The van der Waals surface area contributed by atoms with E-state index in [0.29, 0.717) is 19.8 Å². The average Bonchev–Trinajstić information content (AvgIpc) is 3.47. The van der Waals surface area contributed by atoms with Gasteiger partial charge in [-0.1, -0.05) is 18.2 Å². The molecule has 0 amide bonds. The SMILES string of the molecule is CN(C)c1cccc(COC(=O)[C@H]2C[C@@H]2c2ccc3c(c2)OCCO3)c1. The van der Waals surface area contributed by atoms with Crippen molar-refractivity contribution in [2.75, 3.05) is 32.2 Å². The number of carbonyl (C=O) groups is 1. The molecule has 4 rings (SSSR count). The molecule has 2 aliphatic rings. The Bertz CT molecular complexity index is 817. The van der Waals surface area contributed by atoms with Gasteiger partial charge in [-0.15, -0.1) is 0 Å². The topological polar surface area (TPSA) is 48.0 Å². The maximum Gasteiger partial charge on any atom is 0.309 e. The van der Waals surface area contributed by atoms with Crippen molar-refractivity contribution >= 4 is 11.7 Å². The zero-order valence-corrected chi connectivity index (χ0v) is 15.1. The lowest BCUT2D eigenvalue weighted by Gasteiger charge is -2.18. The van der Waals surface area contributed by atoms with Crippen molar-refractivity contribution in [3.63, 3.8) is 0 Å². The lowest BCUT2D eigenvalue weighted by atomic mass is 10.1. The minimum Gasteiger partial charge on any atom is -0.486 e. The van der Waals surface area contributed by atoms with E-state index in [4.69, 9.17) is 14.2 Å². The van der Waals surface area contributed by atoms with Gasteiger partial charge in [0.15, 0.2) is 11.5 Å². The third-order valence-electron chi connectivity index (χ3n) is 4.90. The van der Waals surface area contributed by atoms with Gasteiger partial charge in [-0.3, -0.25) is 4.79 Å². The summed E-state index contributed by atoms with van der Waals surface area (Å²) in [5.41, 5.74) is 3.21. The highest BCUT2D eigenvalue weighted by molar-refractivity contribution is 5.77. The quantitative estimate of drug-likeness (QED) is 0.772. The Labute approximate surface area is 153 Å². The summed E-state index contributed by atoms with van der Waals surface area (Å²) < 4.78 is 16.7. The number of esters is 1. The van der Waals surface area contributed by atoms with Crippen LogP contribution in [0.4, 0.5) is 5.69 Å². The van der Waals surface area contributed by atoms with Crippen LogP contribution < -0.4 is 14.4 Å². The van der Waals surface area contributed by atoms with Crippen molar-refractivity contribution in [3.8, 4) is 11.5 Å². The molecule has 1 heterocycles. The average molecular weight is 353 g/mol. The Hall–Kier alpha value is -2.69. The molecular formula is C21H23NO4. The number of benzene rings is 2. The summed E-state index contributed by atoms with van der Waals surface area (Å²) in [6.07, 6.45) is 0.830. The molecule has 1 aliphatic carbocycles. The molecule has 0 unspecified atom stereocenters. The number of hydrogen-bond acceptors (Lipinski definition) is 5. The van der Waals surface area contributed by atoms with Gasteiger partial charge < -0.3 is 19.1 Å². The van der Waals surface area contributed by atoms with Crippen LogP contribution in [0.5, 0.6) is 11.5 Å². The third-order valence-corrected chi connectivity index (χ3v) is 4.90. The molecule has 2 aromatic carbocycles. The fourth-order valence-corrected chi connectivity index (χ4v) is 3.30. The number of carbonyl (C=O) groups excluding carboxylic acids is 1. The van der Waals surface area contributed by atoms with E-state index >= 15 is 0 Å². The highest BCUT2D eigenvalue weighted by Gasteiger charge is 2.45. The smallest absolute Gasteiger partial charge is 0.309 e. The summed E-state index contributed by atoms with van der Waals surface area (Å²) in [5.74, 6) is 1.58. The fraction of sp³-hybridized carbons (Fsp3) is 0.381. The summed E-state index contributed by atoms with van der Waals surface area (Å²) in [7, 11) is 3.99. The van der Waals surface area contributed by atoms with Gasteiger partial charge >= 0.3 is 5.97 Å². The van der Waals surface area contributed by atoms with Gasteiger partial charge in [-0.05, 0) is 47.7 Å². The van der Waals surface area contributed by atoms with Crippen LogP contribution in [0.2, 0.25) is 0 Å². The molecule has 1 saturated carbocycles. The second-order valence-electron chi connectivity index (χ2n) is 7.02. The maximum absolute atomic E-state index is 12.4. The Kier molecular flexibility index (Phi) is 4.45. The van der Waals surface area contributed by atoms with Gasteiger partial charge in [0, 0.05) is 19.8 Å². The van der Waals surface area contributed by atoms with Crippen LogP contribution in [0, 0.1) is 5.92 Å². The van der Waals surface area contributed by atoms with Crippen LogP contribution in [-0.2, 0) is 16.1 Å². The Morgan fingerprint density at radius 2 is 1.92 bits per heavy atom. The molecule has 0 bridgehead atoms. The molecule has 0 spiro atoms. The number of hydrogen-bond donors (Lipinski definition) is 0. The normalized spacial score (nSPS) is 20.4. The summed E-state index contributed by atoms with van der Waals surface area (Å²) in [4.78, 5) is 14.4. The van der Waals surface area contributed by atoms with Crippen molar-refractivity contribution in [3.05, 3.63) is 53.6 Å². The van der Waals surface area contributed by atoms with Crippen molar-refractivity contribution in [1.29, 1.82) is 0 Å². The molecule has 0 radical (unpaired) electrons. The first-order chi connectivity index (χ1) is 12.6. The fourth-order valence-electron chi connectivity index (χ4n) is 3.30. The first kappa shape index (κ1) is 16.8. The van der Waals surface area contributed by atoms with Gasteiger partial charge in [-0.25, -0.2) is 0 Å². The number of rotatable bonds is 5. The van der Waals surface area contributed by atoms with E-state index < -0.39 is 0 Å². The molecule has 2 atom stereocenters. The van der Waals surface area contributed by atoms with E-state index in [1.54, 1.807) is 0 Å². The number of anilines is 1. The summed E-state index contributed by atoms with van der Waals surface area (Å²) in [5, 5.41) is 0. The third kappa shape index (κ3) is 3.47. The molecule has 1 fully saturated rings. The van der Waals surface area contributed by atoms with Crippen LogP contribution in [0.3, 0.4) is 0 Å². The molecule has 2 aromatic rings. The number of fused-ring (bicyclic) bond motifs is 1. The zero-order valence-electron chi connectivity index (χ0n) is 15.1. The van der Waals surface area contributed by atoms with E-state index in [0.717, 1.165) is 34.7 Å². The van der Waals surface area contributed by atoms with E-state index in [-0.39, 0.29) is 17.8 Å². The molecule has 26 heavy (non-hydrogen) atoms. The van der Waals surface area contributed by atoms with Gasteiger partial charge in [0.1, 0.15) is 19.8 Å². The second kappa shape index (κ2) is 6.90. The Morgan fingerprint density at radius 1 is 1.12 bits per heavy atom. The summed E-state index contributed by atoms with van der Waals surface area (Å²) in [6.45, 7) is 1.46.